The Morgan fingerprint density at radius 1 is 1.11 bits per heavy atom. The lowest BCUT2D eigenvalue weighted by molar-refractivity contribution is -0.130. The quantitative estimate of drug-likeness (QED) is 0.844. The van der Waals surface area contributed by atoms with Crippen LogP contribution in [0.15, 0.2) is 34.3 Å². The Hall–Kier alpha value is -2.26. The van der Waals surface area contributed by atoms with Gasteiger partial charge in [-0.15, -0.1) is 0 Å². The maximum absolute atomic E-state index is 12.9. The third-order valence-corrected chi connectivity index (χ3v) is 6.66. The minimum Gasteiger partial charge on any atom is -0.321 e. The SMILES string of the molecule is CN1N=C(C(=O)Nc2cccc(S(=O)(=O)N3CCCCCC3)c2)CCC1=O. The van der Waals surface area contributed by atoms with Crippen molar-refractivity contribution in [3.05, 3.63) is 24.3 Å². The molecule has 3 rings (SSSR count). The van der Waals surface area contributed by atoms with E-state index in [0.29, 0.717) is 18.8 Å². The van der Waals surface area contributed by atoms with Crippen LogP contribution in [0, 0.1) is 0 Å². The van der Waals surface area contributed by atoms with E-state index in [0.717, 1.165) is 30.7 Å². The summed E-state index contributed by atoms with van der Waals surface area (Å²) in [5, 5.41) is 7.81. The van der Waals surface area contributed by atoms with Crippen molar-refractivity contribution in [2.24, 2.45) is 5.10 Å². The van der Waals surface area contributed by atoms with Gasteiger partial charge in [0.05, 0.1) is 4.90 Å². The molecule has 1 saturated heterocycles. The van der Waals surface area contributed by atoms with Crippen molar-refractivity contribution in [3.63, 3.8) is 0 Å². The Labute approximate surface area is 159 Å². The zero-order valence-electron chi connectivity index (χ0n) is 15.3. The molecule has 2 aliphatic rings. The van der Waals surface area contributed by atoms with Crippen molar-refractivity contribution >= 4 is 33.2 Å². The van der Waals surface area contributed by atoms with Gasteiger partial charge < -0.3 is 5.32 Å². The molecule has 0 atom stereocenters. The number of amides is 2. The molecule has 0 aromatic heterocycles. The summed E-state index contributed by atoms with van der Waals surface area (Å²) in [6.07, 6.45) is 4.30. The number of nitrogens with zero attached hydrogens (tertiary/aromatic N) is 3. The van der Waals surface area contributed by atoms with Crippen molar-refractivity contribution in [3.8, 4) is 0 Å². The standard InChI is InChI=1S/C18H24N4O4S/c1-21-17(23)10-9-16(20-21)18(24)19-14-7-6-8-15(13-14)27(25,26)22-11-4-2-3-5-12-22/h6-8,13H,2-5,9-12H2,1H3,(H,19,24). The van der Waals surface area contributed by atoms with Crippen molar-refractivity contribution in [1.29, 1.82) is 0 Å². The van der Waals surface area contributed by atoms with Crippen LogP contribution in [0.1, 0.15) is 38.5 Å². The first-order chi connectivity index (χ1) is 12.9. The highest BCUT2D eigenvalue weighted by atomic mass is 32.2. The van der Waals surface area contributed by atoms with E-state index in [1.54, 1.807) is 18.2 Å². The zero-order valence-corrected chi connectivity index (χ0v) is 16.2. The van der Waals surface area contributed by atoms with Gasteiger partial charge in [-0.3, -0.25) is 9.59 Å². The van der Waals surface area contributed by atoms with Crippen molar-refractivity contribution in [1.82, 2.24) is 9.31 Å². The van der Waals surface area contributed by atoms with Crippen LogP contribution in [0.2, 0.25) is 0 Å². The minimum atomic E-state index is -3.59. The molecule has 1 aromatic carbocycles. The predicted octanol–water partition coefficient (Wildman–Crippen LogP) is 1.80. The van der Waals surface area contributed by atoms with E-state index >= 15 is 0 Å². The number of anilines is 1. The number of sulfonamides is 1. The third kappa shape index (κ3) is 4.54. The molecule has 0 saturated carbocycles. The average molecular weight is 392 g/mol. The van der Waals surface area contributed by atoms with Crippen LogP contribution in [-0.4, -0.2) is 55.4 Å². The molecule has 9 heteroatoms. The number of hydrogen-bond donors (Lipinski definition) is 1. The summed E-state index contributed by atoms with van der Waals surface area (Å²) in [5.74, 6) is -0.573. The smallest absolute Gasteiger partial charge is 0.271 e. The van der Waals surface area contributed by atoms with E-state index < -0.39 is 15.9 Å². The number of carbonyl (C=O) groups is 2. The molecule has 2 heterocycles. The van der Waals surface area contributed by atoms with E-state index in [1.165, 1.54) is 17.4 Å². The largest absolute Gasteiger partial charge is 0.321 e. The number of hydrogen-bond acceptors (Lipinski definition) is 5. The lowest BCUT2D eigenvalue weighted by Gasteiger charge is -2.21. The Bertz CT molecular complexity index is 858. The maximum Gasteiger partial charge on any atom is 0.271 e. The summed E-state index contributed by atoms with van der Waals surface area (Å²) in [6, 6.07) is 6.26. The Morgan fingerprint density at radius 2 is 1.81 bits per heavy atom. The van der Waals surface area contributed by atoms with Crippen LogP contribution in [0.5, 0.6) is 0 Å². The summed E-state index contributed by atoms with van der Waals surface area (Å²) in [6.45, 7) is 1.05. The monoisotopic (exact) mass is 392 g/mol. The molecule has 8 nitrogen and oxygen atoms in total. The number of carbonyl (C=O) groups excluding carboxylic acids is 2. The fourth-order valence-corrected chi connectivity index (χ4v) is 4.77. The van der Waals surface area contributed by atoms with Crippen molar-refractivity contribution in [2.75, 3.05) is 25.5 Å². The van der Waals surface area contributed by atoms with Gasteiger partial charge in [-0.1, -0.05) is 18.9 Å². The van der Waals surface area contributed by atoms with Gasteiger partial charge >= 0.3 is 0 Å². The molecular weight excluding hydrogens is 368 g/mol. The van der Waals surface area contributed by atoms with E-state index in [4.69, 9.17) is 0 Å². The van der Waals surface area contributed by atoms with E-state index in [1.807, 2.05) is 0 Å². The molecule has 1 fully saturated rings. The summed E-state index contributed by atoms with van der Waals surface area (Å²) in [5.41, 5.74) is 0.635. The van der Waals surface area contributed by atoms with Gasteiger partial charge in [0.2, 0.25) is 15.9 Å². The molecule has 0 aliphatic carbocycles. The summed E-state index contributed by atoms with van der Waals surface area (Å²) >= 11 is 0. The van der Waals surface area contributed by atoms with Gasteiger partial charge in [-0.05, 0) is 31.0 Å². The number of hydrazone groups is 1. The van der Waals surface area contributed by atoms with Gasteiger partial charge in [0.25, 0.3) is 5.91 Å². The topological polar surface area (TPSA) is 99.2 Å². The Balaban J connectivity index is 1.76. The van der Waals surface area contributed by atoms with Crippen LogP contribution >= 0.6 is 0 Å². The third-order valence-electron chi connectivity index (χ3n) is 4.76. The van der Waals surface area contributed by atoms with Crippen LogP contribution in [-0.2, 0) is 19.6 Å². The average Bonchev–Trinajstić information content (AvgIpc) is 2.94. The lowest BCUT2D eigenvalue weighted by Crippen LogP contribution is -2.34. The van der Waals surface area contributed by atoms with Gasteiger partial charge in [-0.25, -0.2) is 13.4 Å². The number of rotatable bonds is 4. The van der Waals surface area contributed by atoms with Crippen LogP contribution in [0.3, 0.4) is 0 Å². The van der Waals surface area contributed by atoms with Gasteiger partial charge in [0.15, 0.2) is 0 Å². The molecule has 0 bridgehead atoms. The molecule has 146 valence electrons. The second-order valence-electron chi connectivity index (χ2n) is 6.76. The van der Waals surface area contributed by atoms with Gasteiger partial charge in [0, 0.05) is 38.7 Å². The van der Waals surface area contributed by atoms with Crippen LogP contribution < -0.4 is 5.32 Å². The minimum absolute atomic E-state index is 0.142. The highest BCUT2D eigenvalue weighted by Gasteiger charge is 2.26. The molecule has 2 aliphatic heterocycles. The Morgan fingerprint density at radius 3 is 2.48 bits per heavy atom. The van der Waals surface area contributed by atoms with Gasteiger partial charge in [0.1, 0.15) is 5.71 Å². The zero-order chi connectivity index (χ0) is 19.4. The van der Waals surface area contributed by atoms with Gasteiger partial charge in [-0.2, -0.15) is 9.41 Å². The number of nitrogens with one attached hydrogen (secondary N) is 1. The molecule has 1 aromatic rings. The Kier molecular flexibility index (Phi) is 5.91. The molecule has 2 amide bonds. The summed E-state index contributed by atoms with van der Waals surface area (Å²) < 4.78 is 27.3. The number of benzene rings is 1. The first-order valence-corrected chi connectivity index (χ1v) is 10.6. The second-order valence-corrected chi connectivity index (χ2v) is 8.70. The first kappa shape index (κ1) is 19.5. The van der Waals surface area contributed by atoms with Crippen molar-refractivity contribution in [2.45, 2.75) is 43.4 Å². The second kappa shape index (κ2) is 8.18. The molecule has 0 unspecified atom stereocenters. The van der Waals surface area contributed by atoms with Crippen LogP contribution in [0.4, 0.5) is 5.69 Å². The normalized spacial score (nSPS) is 19.4. The molecule has 1 N–H and O–H groups in total. The highest BCUT2D eigenvalue weighted by molar-refractivity contribution is 7.89. The van der Waals surface area contributed by atoms with Crippen LogP contribution in [0.25, 0.3) is 0 Å². The van der Waals surface area contributed by atoms with Crippen molar-refractivity contribution < 1.29 is 18.0 Å². The summed E-state index contributed by atoms with van der Waals surface area (Å²) in [4.78, 5) is 24.0. The highest BCUT2D eigenvalue weighted by Crippen LogP contribution is 2.23. The molecule has 0 spiro atoms. The maximum atomic E-state index is 12.9. The van der Waals surface area contributed by atoms with E-state index in [2.05, 4.69) is 10.4 Å². The molecule has 27 heavy (non-hydrogen) atoms. The van der Waals surface area contributed by atoms with E-state index in [9.17, 15) is 18.0 Å². The predicted molar refractivity (Wildman–Crippen MR) is 102 cm³/mol. The fourth-order valence-electron chi connectivity index (χ4n) is 3.20. The summed E-state index contributed by atoms with van der Waals surface area (Å²) in [7, 11) is -2.08. The first-order valence-electron chi connectivity index (χ1n) is 9.13. The molecular formula is C18H24N4O4S. The molecule has 0 radical (unpaired) electrons. The lowest BCUT2D eigenvalue weighted by atomic mass is 10.1. The fraction of sp³-hybridized carbons (Fsp3) is 0.500. The van der Waals surface area contributed by atoms with E-state index in [-0.39, 0.29) is 29.4 Å².